The number of hydrogen-bond donors (Lipinski definition) is 0. The van der Waals surface area contributed by atoms with Gasteiger partial charge in [0.15, 0.2) is 0 Å². The van der Waals surface area contributed by atoms with E-state index in [0.717, 1.165) is 22.8 Å². The molecule has 0 aliphatic rings. The Morgan fingerprint density at radius 1 is 0.423 bits per heavy atom. The summed E-state index contributed by atoms with van der Waals surface area (Å²) in [6.45, 7) is 13.3. The topological polar surface area (TPSA) is 51.6 Å². The normalized spacial score (nSPS) is 13.1. The first-order valence-electron chi connectivity index (χ1n) is 16.2. The Kier molecular flexibility index (Phi) is 11.9. The van der Waals surface area contributed by atoms with Crippen LogP contribution < -0.4 is 8.15 Å². The molecule has 0 aliphatic carbocycles. The van der Waals surface area contributed by atoms with Crippen LogP contribution in [0.1, 0.15) is 52.7 Å². The maximum absolute atomic E-state index is 10.7. The monoisotopic (exact) mass is 914 g/mol. The fourth-order valence-corrected chi connectivity index (χ4v) is 7.88. The third kappa shape index (κ3) is 13.7. The van der Waals surface area contributed by atoms with Crippen molar-refractivity contribution in [2.24, 2.45) is 0 Å². The Hall–Kier alpha value is -4.30. The van der Waals surface area contributed by atoms with Crippen molar-refractivity contribution >= 4 is 16.0 Å². The first kappa shape index (κ1) is 40.5. The van der Waals surface area contributed by atoms with E-state index in [0.29, 0.717) is 0 Å². The minimum absolute atomic E-state index is 0.124. The fourth-order valence-electron chi connectivity index (χ4n) is 4.67. The zero-order valence-electron chi connectivity index (χ0n) is 29.5. The molecule has 0 saturated carbocycles. The van der Waals surface area contributed by atoms with Crippen LogP contribution in [-0.2, 0) is 28.5 Å². The molecule has 12 heteroatoms. The molecule has 4 heterocycles. The van der Waals surface area contributed by atoms with Gasteiger partial charge in [0.1, 0.15) is 0 Å². The van der Waals surface area contributed by atoms with Crippen molar-refractivity contribution in [2.75, 3.05) is 0 Å². The van der Waals surface area contributed by atoms with Crippen molar-refractivity contribution in [1.29, 1.82) is 0 Å². The SMILES string of the molecule is CC(C)(C)c1ccnc(-c2cc(C(C)(C)C)ccn2)c1.F[P-](F)(F)(F)(F)F.c1ccc(-c2cccc[c]2[Ir+][c]2ccccc2-c2ccccn2)nc1. The summed E-state index contributed by atoms with van der Waals surface area (Å²) in [6, 6.07) is 37.8. The van der Waals surface area contributed by atoms with Gasteiger partial charge in [0.2, 0.25) is 0 Å². The van der Waals surface area contributed by atoms with E-state index in [1.165, 1.54) is 30.4 Å². The number of rotatable bonds is 5. The molecule has 0 radical (unpaired) electrons. The van der Waals surface area contributed by atoms with Crippen LogP contribution in [0.4, 0.5) is 25.2 Å². The first-order chi connectivity index (χ1) is 24.0. The molecule has 6 rings (SSSR count). The van der Waals surface area contributed by atoms with Gasteiger partial charge in [-0.05, 0) is 46.2 Å². The van der Waals surface area contributed by atoms with Crippen LogP contribution in [0.3, 0.4) is 0 Å². The van der Waals surface area contributed by atoms with E-state index in [1.807, 2.05) is 49.1 Å². The zero-order chi connectivity index (χ0) is 38.3. The fraction of sp³-hybridized carbons (Fsp3) is 0.200. The Labute approximate surface area is 309 Å². The van der Waals surface area contributed by atoms with Gasteiger partial charge < -0.3 is 0 Å². The number of hydrogen-bond acceptors (Lipinski definition) is 4. The van der Waals surface area contributed by atoms with Gasteiger partial charge in [0.25, 0.3) is 0 Å². The number of benzene rings is 2. The van der Waals surface area contributed by atoms with Crippen LogP contribution in [0, 0.1) is 0 Å². The van der Waals surface area contributed by atoms with Gasteiger partial charge in [-0.2, -0.15) is 0 Å². The summed E-state index contributed by atoms with van der Waals surface area (Å²) < 4.78 is 62.0. The molecule has 0 atom stereocenters. The molecule has 0 saturated heterocycles. The standard InChI is InChI=1S/C18H24N2.2C11H8N.F6P.Ir/c1-17(2,3)13-7-9-19-15(11-13)16-12-14(8-10-20-16)18(4,5)6;2*1-2-6-10(7-3-1)11-8-4-5-9-12-11;1-7(2,3,4,5)6;/h7-12H,1-6H3;2*1-6,8-9H;;/q;;;-1;+1. The van der Waals surface area contributed by atoms with Crippen LogP contribution >= 0.6 is 7.81 Å². The Bertz CT molecular complexity index is 1940. The molecule has 276 valence electrons. The molecule has 2 aromatic carbocycles. The summed E-state index contributed by atoms with van der Waals surface area (Å²) in [5, 5.41) is 0. The second-order valence-corrected chi connectivity index (χ2v) is 18.8. The summed E-state index contributed by atoms with van der Waals surface area (Å²) in [5.74, 6) is 0. The van der Waals surface area contributed by atoms with Crippen molar-refractivity contribution in [3.8, 4) is 33.9 Å². The van der Waals surface area contributed by atoms with E-state index in [2.05, 4.69) is 146 Å². The van der Waals surface area contributed by atoms with E-state index in [4.69, 9.17) is 0 Å². The summed E-state index contributed by atoms with van der Waals surface area (Å²) in [6.07, 6.45) is 7.46. The third-order valence-corrected chi connectivity index (χ3v) is 10.7. The number of pyridine rings is 4. The van der Waals surface area contributed by atoms with Gasteiger partial charge in [-0.3, -0.25) is 9.97 Å². The average molecular weight is 914 g/mol. The number of nitrogens with zero attached hydrogens (tertiary/aromatic N) is 4. The first-order valence-corrected chi connectivity index (χ1v) is 20.6. The predicted molar refractivity (Wildman–Crippen MR) is 197 cm³/mol. The average Bonchev–Trinajstić information content (AvgIpc) is 3.08. The Balaban J connectivity index is 0.000000201. The second kappa shape index (κ2) is 15.4. The predicted octanol–water partition coefficient (Wildman–Crippen LogP) is 12.0. The van der Waals surface area contributed by atoms with Gasteiger partial charge in [-0.25, -0.2) is 0 Å². The molecule has 0 spiro atoms. The van der Waals surface area contributed by atoms with Gasteiger partial charge in [-0.15, -0.1) is 0 Å². The minimum atomic E-state index is -10.7. The van der Waals surface area contributed by atoms with Gasteiger partial charge in [0, 0.05) is 12.4 Å². The van der Waals surface area contributed by atoms with Crippen LogP contribution in [0.15, 0.2) is 134 Å². The molecule has 52 heavy (non-hydrogen) atoms. The number of halogens is 6. The third-order valence-electron chi connectivity index (χ3n) is 7.28. The summed E-state index contributed by atoms with van der Waals surface area (Å²) in [5.41, 5.74) is 9.26. The molecule has 0 amide bonds. The van der Waals surface area contributed by atoms with E-state index in [1.54, 1.807) is 0 Å². The molecule has 0 aliphatic heterocycles. The molecule has 0 bridgehead atoms. The van der Waals surface area contributed by atoms with Crippen LogP contribution in [0.2, 0.25) is 0 Å². The van der Waals surface area contributed by atoms with Crippen molar-refractivity contribution in [2.45, 2.75) is 52.4 Å². The van der Waals surface area contributed by atoms with E-state index >= 15 is 0 Å². The molecule has 0 N–H and O–H groups in total. The van der Waals surface area contributed by atoms with E-state index in [9.17, 15) is 25.2 Å². The van der Waals surface area contributed by atoms with E-state index in [-0.39, 0.29) is 10.8 Å². The molecular formula is C40H40F6IrN4P. The van der Waals surface area contributed by atoms with Crippen molar-refractivity contribution in [3.05, 3.63) is 145 Å². The van der Waals surface area contributed by atoms with Crippen LogP contribution in [0.25, 0.3) is 33.9 Å². The van der Waals surface area contributed by atoms with Gasteiger partial charge in [-0.1, -0.05) is 41.5 Å². The van der Waals surface area contributed by atoms with E-state index < -0.39 is 25.5 Å². The van der Waals surface area contributed by atoms with Gasteiger partial charge in [0.05, 0.1) is 11.4 Å². The second-order valence-electron chi connectivity index (χ2n) is 13.7. The van der Waals surface area contributed by atoms with Crippen molar-refractivity contribution < 1.29 is 42.9 Å². The zero-order valence-corrected chi connectivity index (χ0v) is 32.8. The van der Waals surface area contributed by atoms with Crippen LogP contribution in [0.5, 0.6) is 0 Å². The molecule has 6 aromatic rings. The summed E-state index contributed by atoms with van der Waals surface area (Å²) in [7, 11) is -10.7. The van der Waals surface area contributed by atoms with Crippen LogP contribution in [-0.4, -0.2) is 19.9 Å². The molecule has 4 aromatic heterocycles. The van der Waals surface area contributed by atoms with Gasteiger partial charge >= 0.3 is 189 Å². The van der Waals surface area contributed by atoms with Crippen molar-refractivity contribution in [1.82, 2.24) is 19.9 Å². The molecule has 0 unspecified atom stereocenters. The summed E-state index contributed by atoms with van der Waals surface area (Å²) >= 11 is -0.509. The molecule has 4 nitrogen and oxygen atoms in total. The Morgan fingerprint density at radius 3 is 1.08 bits per heavy atom. The maximum atomic E-state index is 9.87. The quantitative estimate of drug-likeness (QED) is 0.128. The Morgan fingerprint density at radius 2 is 0.750 bits per heavy atom. The van der Waals surface area contributed by atoms with Crippen molar-refractivity contribution in [3.63, 3.8) is 0 Å². The summed E-state index contributed by atoms with van der Waals surface area (Å²) in [4.78, 5) is 18.0. The number of aromatic nitrogens is 4. The molecular weight excluding hydrogens is 874 g/mol. The molecule has 0 fully saturated rings.